The Hall–Kier alpha value is -3.46. The number of carbonyl (C=O) groups is 2. The molecule has 1 aromatic heterocycles. The molecule has 2 aliphatic rings. The first kappa shape index (κ1) is 22.7. The molecule has 0 N–H and O–H groups in total. The van der Waals surface area contributed by atoms with Gasteiger partial charge < -0.3 is 19.1 Å². The molecule has 0 atom stereocenters. The van der Waals surface area contributed by atoms with Crippen molar-refractivity contribution in [3.05, 3.63) is 36.9 Å². The van der Waals surface area contributed by atoms with Crippen molar-refractivity contribution < 1.29 is 23.8 Å². The van der Waals surface area contributed by atoms with Gasteiger partial charge in [0.15, 0.2) is 11.5 Å². The number of ether oxygens (including phenoxy) is 3. The first-order valence-electron chi connectivity index (χ1n) is 11.3. The number of rotatable bonds is 8. The van der Waals surface area contributed by atoms with E-state index in [9.17, 15) is 9.59 Å². The molecule has 0 unspecified atom stereocenters. The zero-order valence-electron chi connectivity index (χ0n) is 18.8. The van der Waals surface area contributed by atoms with E-state index in [1.807, 2.05) is 6.08 Å². The zero-order valence-corrected chi connectivity index (χ0v) is 18.8. The summed E-state index contributed by atoms with van der Waals surface area (Å²) in [4.78, 5) is 38.0. The summed E-state index contributed by atoms with van der Waals surface area (Å²) in [5.74, 6) is -0.265. The second kappa shape index (κ2) is 10.4. The Balaban J connectivity index is 1.73. The van der Waals surface area contributed by atoms with Crippen LogP contribution in [-0.2, 0) is 9.59 Å². The van der Waals surface area contributed by atoms with Crippen molar-refractivity contribution in [3.63, 3.8) is 0 Å². The van der Waals surface area contributed by atoms with Gasteiger partial charge in [-0.2, -0.15) is 4.98 Å². The molecule has 33 heavy (non-hydrogen) atoms. The summed E-state index contributed by atoms with van der Waals surface area (Å²) >= 11 is 0. The van der Waals surface area contributed by atoms with Crippen LogP contribution in [0.25, 0.3) is 10.9 Å². The molecule has 2 aliphatic heterocycles. The van der Waals surface area contributed by atoms with Crippen molar-refractivity contribution in [2.75, 3.05) is 44.2 Å². The molecule has 1 aromatic carbocycles. The normalized spacial score (nSPS) is 17.5. The second-order valence-corrected chi connectivity index (χ2v) is 7.92. The molecule has 0 radical (unpaired) electrons. The predicted octanol–water partition coefficient (Wildman–Crippen LogP) is 2.89. The third-order valence-corrected chi connectivity index (χ3v) is 5.53. The SMILES string of the molecule is C=CCN1CCN(c2nc(OCCCCC)c3c4c(ccc3n2)OC(=O)/C=C/C(=O)O4)CC1. The van der Waals surface area contributed by atoms with Crippen LogP contribution in [0, 0.1) is 0 Å². The molecule has 1 saturated heterocycles. The van der Waals surface area contributed by atoms with E-state index >= 15 is 0 Å². The molecule has 4 rings (SSSR count). The Morgan fingerprint density at radius 1 is 1.06 bits per heavy atom. The number of hydrogen-bond acceptors (Lipinski definition) is 9. The largest absolute Gasteiger partial charge is 0.477 e. The van der Waals surface area contributed by atoms with Gasteiger partial charge in [-0.1, -0.05) is 25.8 Å². The van der Waals surface area contributed by atoms with Crippen molar-refractivity contribution in [2.24, 2.45) is 0 Å². The maximum Gasteiger partial charge on any atom is 0.336 e. The number of hydrogen-bond donors (Lipinski definition) is 0. The maximum atomic E-state index is 12.2. The quantitative estimate of drug-likeness (QED) is 0.259. The summed E-state index contributed by atoms with van der Waals surface area (Å²) in [5, 5.41) is 0.412. The fourth-order valence-corrected chi connectivity index (χ4v) is 3.81. The summed E-state index contributed by atoms with van der Waals surface area (Å²) < 4.78 is 16.9. The van der Waals surface area contributed by atoms with E-state index in [0.717, 1.165) is 64.1 Å². The summed E-state index contributed by atoms with van der Waals surface area (Å²) in [6, 6.07) is 3.29. The highest BCUT2D eigenvalue weighted by Gasteiger charge is 2.25. The summed E-state index contributed by atoms with van der Waals surface area (Å²) in [6.45, 7) is 10.5. The number of fused-ring (bicyclic) bond motifs is 3. The third-order valence-electron chi connectivity index (χ3n) is 5.53. The minimum Gasteiger partial charge on any atom is -0.477 e. The van der Waals surface area contributed by atoms with Crippen LogP contribution in [0.5, 0.6) is 17.4 Å². The van der Waals surface area contributed by atoms with Gasteiger partial charge in [0.25, 0.3) is 0 Å². The number of anilines is 1. The van der Waals surface area contributed by atoms with Gasteiger partial charge in [0.2, 0.25) is 11.8 Å². The zero-order chi connectivity index (χ0) is 23.2. The van der Waals surface area contributed by atoms with Crippen LogP contribution in [-0.4, -0.2) is 66.1 Å². The molecule has 2 aromatic rings. The van der Waals surface area contributed by atoms with Crippen molar-refractivity contribution >= 4 is 28.8 Å². The van der Waals surface area contributed by atoms with Crippen molar-refractivity contribution in [1.82, 2.24) is 14.9 Å². The van der Waals surface area contributed by atoms with E-state index in [-0.39, 0.29) is 11.5 Å². The summed E-state index contributed by atoms with van der Waals surface area (Å²) in [7, 11) is 0. The highest BCUT2D eigenvalue weighted by atomic mass is 16.6. The fraction of sp³-hybridized carbons (Fsp3) is 0.417. The number of esters is 2. The Morgan fingerprint density at radius 2 is 1.82 bits per heavy atom. The predicted molar refractivity (Wildman–Crippen MR) is 124 cm³/mol. The third kappa shape index (κ3) is 5.31. The van der Waals surface area contributed by atoms with Crippen LogP contribution in [0.1, 0.15) is 26.2 Å². The smallest absolute Gasteiger partial charge is 0.336 e. The average molecular weight is 453 g/mol. The molecule has 0 saturated carbocycles. The molecule has 1 fully saturated rings. The number of nitrogens with zero attached hydrogens (tertiary/aromatic N) is 4. The van der Waals surface area contributed by atoms with E-state index in [2.05, 4.69) is 23.3 Å². The monoisotopic (exact) mass is 452 g/mol. The van der Waals surface area contributed by atoms with Gasteiger partial charge in [-0.25, -0.2) is 14.6 Å². The number of piperazine rings is 1. The van der Waals surface area contributed by atoms with Gasteiger partial charge in [-0.15, -0.1) is 6.58 Å². The topological polar surface area (TPSA) is 94.1 Å². The second-order valence-electron chi connectivity index (χ2n) is 7.92. The number of aromatic nitrogens is 2. The maximum absolute atomic E-state index is 12.2. The van der Waals surface area contributed by atoms with Crippen LogP contribution in [0.2, 0.25) is 0 Å². The molecule has 0 spiro atoms. The molecule has 0 aliphatic carbocycles. The lowest BCUT2D eigenvalue weighted by atomic mass is 10.2. The minimum absolute atomic E-state index is 0.0862. The van der Waals surface area contributed by atoms with E-state index < -0.39 is 11.9 Å². The highest BCUT2D eigenvalue weighted by Crippen LogP contribution is 2.41. The number of benzene rings is 1. The van der Waals surface area contributed by atoms with Crippen molar-refractivity contribution in [2.45, 2.75) is 26.2 Å². The van der Waals surface area contributed by atoms with E-state index in [0.29, 0.717) is 29.3 Å². The van der Waals surface area contributed by atoms with Crippen molar-refractivity contribution in [1.29, 1.82) is 0 Å². The van der Waals surface area contributed by atoms with Crippen LogP contribution in [0.15, 0.2) is 36.9 Å². The Morgan fingerprint density at radius 3 is 2.55 bits per heavy atom. The molecule has 9 heteroatoms. The van der Waals surface area contributed by atoms with E-state index in [4.69, 9.17) is 24.2 Å². The fourth-order valence-electron chi connectivity index (χ4n) is 3.81. The lowest BCUT2D eigenvalue weighted by Crippen LogP contribution is -2.46. The van der Waals surface area contributed by atoms with Gasteiger partial charge in [0.1, 0.15) is 5.39 Å². The Bertz CT molecular complexity index is 1080. The molecule has 3 heterocycles. The minimum atomic E-state index is -0.681. The number of carbonyl (C=O) groups excluding carboxylic acids is 2. The van der Waals surface area contributed by atoms with Crippen LogP contribution < -0.4 is 19.1 Å². The molecule has 174 valence electrons. The van der Waals surface area contributed by atoms with Gasteiger partial charge in [0.05, 0.1) is 12.1 Å². The van der Waals surface area contributed by atoms with Gasteiger partial charge in [0, 0.05) is 44.9 Å². The van der Waals surface area contributed by atoms with Gasteiger partial charge in [-0.05, 0) is 18.6 Å². The van der Waals surface area contributed by atoms with Gasteiger partial charge in [-0.3, -0.25) is 4.90 Å². The standard InChI is InChI=1S/C24H28N4O5/c1-3-5-6-16-31-23-21-17(7-8-18-22(21)33-20(30)10-9-19(29)32-18)25-24(26-23)28-14-12-27(11-4-2)13-15-28/h4,7-10H,2-3,5-6,11-16H2,1H3/b10-9+. The van der Waals surface area contributed by atoms with E-state index in [1.54, 1.807) is 12.1 Å². The van der Waals surface area contributed by atoms with Crippen molar-refractivity contribution in [3.8, 4) is 17.4 Å². The average Bonchev–Trinajstić information content (AvgIpc) is 2.81. The molecule has 0 bridgehead atoms. The molecule has 9 nitrogen and oxygen atoms in total. The summed E-state index contributed by atoms with van der Waals surface area (Å²) in [6.07, 6.45) is 6.92. The highest BCUT2D eigenvalue weighted by molar-refractivity contribution is 6.00. The number of unbranched alkanes of at least 4 members (excludes halogenated alkanes) is 2. The lowest BCUT2D eigenvalue weighted by Gasteiger charge is -2.34. The van der Waals surface area contributed by atoms with Gasteiger partial charge >= 0.3 is 11.9 Å². The van der Waals surface area contributed by atoms with Crippen LogP contribution >= 0.6 is 0 Å². The lowest BCUT2D eigenvalue weighted by molar-refractivity contribution is -0.133. The Kier molecular flexibility index (Phi) is 7.19. The molecular weight excluding hydrogens is 424 g/mol. The molecular formula is C24H28N4O5. The Labute approximate surface area is 192 Å². The van der Waals surface area contributed by atoms with Crippen LogP contribution in [0.3, 0.4) is 0 Å². The first-order chi connectivity index (χ1) is 16.1. The van der Waals surface area contributed by atoms with Crippen LogP contribution in [0.4, 0.5) is 5.95 Å². The molecule has 0 amide bonds. The summed E-state index contributed by atoms with van der Waals surface area (Å²) in [5.41, 5.74) is 0.547. The first-order valence-corrected chi connectivity index (χ1v) is 11.3. The van der Waals surface area contributed by atoms with E-state index in [1.165, 1.54) is 0 Å².